The summed E-state index contributed by atoms with van der Waals surface area (Å²) in [5, 5.41) is 1.06. The lowest BCUT2D eigenvalue weighted by Gasteiger charge is -2.31. The Morgan fingerprint density at radius 1 is 0.513 bits per heavy atom. The van der Waals surface area contributed by atoms with Gasteiger partial charge in [0.15, 0.2) is 11.5 Å². The molecule has 0 spiro atoms. The molecule has 0 saturated heterocycles. The zero-order valence-electron chi connectivity index (χ0n) is 20.5. The van der Waals surface area contributed by atoms with Crippen LogP contribution in [0, 0.1) is 0 Å². The maximum atomic E-state index is 6.22. The Morgan fingerprint density at radius 3 is 1.62 bits per heavy atom. The minimum atomic E-state index is 0.806. The molecule has 3 aromatic heterocycles. The number of ether oxygens (including phenoxy) is 1. The van der Waals surface area contributed by atoms with Crippen molar-refractivity contribution in [3.8, 4) is 33.1 Å². The number of fused-ring (bicyclic) bond motifs is 4. The smallest absolute Gasteiger partial charge is 0.151 e. The van der Waals surface area contributed by atoms with E-state index in [4.69, 9.17) is 24.7 Å². The number of thiophene rings is 1. The third kappa shape index (κ3) is 3.41. The number of hydrogen-bond donors (Lipinski definition) is 0. The normalized spacial score (nSPS) is 12.3. The fraction of sp³-hybridized carbons (Fsp3) is 0. The Hall–Kier alpha value is -5.14. The van der Waals surface area contributed by atoms with Crippen LogP contribution in [0.3, 0.4) is 0 Å². The van der Waals surface area contributed by atoms with Crippen molar-refractivity contribution in [3.63, 3.8) is 0 Å². The molecule has 0 N–H and O–H groups in total. The van der Waals surface area contributed by atoms with Crippen LogP contribution in [-0.4, -0.2) is 19.9 Å². The first kappa shape index (κ1) is 21.9. The van der Waals surface area contributed by atoms with Crippen LogP contribution in [0.25, 0.3) is 43.6 Å². The molecular formula is C32H19N5OS. The molecule has 7 aromatic rings. The summed E-state index contributed by atoms with van der Waals surface area (Å²) >= 11 is 1.69. The quantitative estimate of drug-likeness (QED) is 0.217. The molecule has 0 fully saturated rings. The Bertz CT molecular complexity index is 1920. The van der Waals surface area contributed by atoms with Gasteiger partial charge in [-0.05, 0) is 42.0 Å². The highest BCUT2D eigenvalue weighted by Crippen LogP contribution is 2.53. The van der Waals surface area contributed by atoms with E-state index < -0.39 is 0 Å². The number of aromatic nitrogens is 4. The number of nitrogens with zero attached hydrogens (tertiary/aromatic N) is 5. The summed E-state index contributed by atoms with van der Waals surface area (Å²) in [7, 11) is 0. The van der Waals surface area contributed by atoms with Gasteiger partial charge in [-0.15, -0.1) is 11.3 Å². The molecule has 0 saturated carbocycles. The van der Waals surface area contributed by atoms with Crippen molar-refractivity contribution in [1.82, 2.24) is 19.9 Å². The number of benzene rings is 4. The van der Waals surface area contributed by atoms with Gasteiger partial charge in [0.25, 0.3) is 0 Å². The van der Waals surface area contributed by atoms with Crippen molar-refractivity contribution in [2.45, 2.75) is 0 Å². The van der Waals surface area contributed by atoms with E-state index >= 15 is 0 Å². The number of anilines is 3. The van der Waals surface area contributed by atoms with Gasteiger partial charge in [0.05, 0.1) is 22.4 Å². The van der Waals surface area contributed by atoms with Crippen molar-refractivity contribution >= 4 is 49.8 Å². The van der Waals surface area contributed by atoms with Crippen LogP contribution in [0.15, 0.2) is 116 Å². The zero-order valence-corrected chi connectivity index (χ0v) is 21.3. The molecule has 0 aliphatic carbocycles. The van der Waals surface area contributed by atoms with Gasteiger partial charge in [0.2, 0.25) is 0 Å². The second kappa shape index (κ2) is 8.72. The van der Waals surface area contributed by atoms with Crippen LogP contribution < -0.4 is 9.64 Å². The van der Waals surface area contributed by atoms with Crippen LogP contribution in [0.2, 0.25) is 0 Å². The molecule has 39 heavy (non-hydrogen) atoms. The van der Waals surface area contributed by atoms with E-state index in [2.05, 4.69) is 41.3 Å². The van der Waals surface area contributed by atoms with Crippen LogP contribution in [0.1, 0.15) is 0 Å². The van der Waals surface area contributed by atoms with Crippen molar-refractivity contribution in [1.29, 1.82) is 0 Å². The average Bonchev–Trinajstić information content (AvgIpc) is 3.48. The molecule has 4 aromatic carbocycles. The molecule has 1 aliphatic rings. The van der Waals surface area contributed by atoms with Crippen LogP contribution in [-0.2, 0) is 0 Å². The Balaban J connectivity index is 1.38. The van der Waals surface area contributed by atoms with E-state index in [1.807, 2.05) is 54.6 Å². The Morgan fingerprint density at radius 2 is 1.03 bits per heavy atom. The topological polar surface area (TPSA) is 64.0 Å². The summed E-state index contributed by atoms with van der Waals surface area (Å²) in [4.78, 5) is 22.6. The van der Waals surface area contributed by atoms with Crippen LogP contribution in [0.5, 0.6) is 11.5 Å². The SMILES string of the molecule is c1ccc(-c2c3nccnc3c(-c3ccc(N4c5ccccc5Oc5ccccc54)s3)c3nccnc23)cc1. The maximum Gasteiger partial charge on any atom is 0.151 e. The minimum Gasteiger partial charge on any atom is -0.453 e. The second-order valence-corrected chi connectivity index (χ2v) is 10.2. The van der Waals surface area contributed by atoms with Gasteiger partial charge in [-0.2, -0.15) is 0 Å². The van der Waals surface area contributed by atoms with E-state index in [-0.39, 0.29) is 0 Å². The van der Waals surface area contributed by atoms with E-state index in [0.29, 0.717) is 0 Å². The molecule has 6 nitrogen and oxygen atoms in total. The molecular weight excluding hydrogens is 502 g/mol. The van der Waals surface area contributed by atoms with Crippen LogP contribution >= 0.6 is 11.3 Å². The number of hydrogen-bond acceptors (Lipinski definition) is 7. The first-order valence-electron chi connectivity index (χ1n) is 12.6. The lowest BCUT2D eigenvalue weighted by Crippen LogP contribution is -2.14. The summed E-state index contributed by atoms with van der Waals surface area (Å²) in [6.07, 6.45) is 6.96. The summed E-state index contributed by atoms with van der Waals surface area (Å²) < 4.78 is 6.22. The lowest BCUT2D eigenvalue weighted by atomic mass is 9.97. The van der Waals surface area contributed by atoms with Gasteiger partial charge in [0, 0.05) is 40.8 Å². The highest BCUT2D eigenvalue weighted by Gasteiger charge is 2.27. The highest BCUT2D eigenvalue weighted by atomic mass is 32.1. The fourth-order valence-corrected chi connectivity index (χ4v) is 6.35. The first-order valence-corrected chi connectivity index (χ1v) is 13.4. The molecule has 0 bridgehead atoms. The first-order chi connectivity index (χ1) is 19.4. The summed E-state index contributed by atoms with van der Waals surface area (Å²) in [6.45, 7) is 0. The van der Waals surface area contributed by atoms with Gasteiger partial charge in [0.1, 0.15) is 16.0 Å². The van der Waals surface area contributed by atoms with Crippen molar-refractivity contribution in [3.05, 3.63) is 116 Å². The van der Waals surface area contributed by atoms with Gasteiger partial charge in [-0.3, -0.25) is 24.8 Å². The summed E-state index contributed by atoms with van der Waals surface area (Å²) in [6, 6.07) is 30.7. The number of para-hydroxylation sites is 4. The molecule has 8 rings (SSSR count). The van der Waals surface area contributed by atoms with E-state index in [1.54, 1.807) is 36.1 Å². The molecule has 0 atom stereocenters. The second-order valence-electron chi connectivity index (χ2n) is 9.13. The molecule has 7 heteroatoms. The van der Waals surface area contributed by atoms with E-state index in [1.165, 1.54) is 0 Å². The van der Waals surface area contributed by atoms with Crippen molar-refractivity contribution in [2.24, 2.45) is 0 Å². The standard InChI is InChI=1S/C32H19N5OS/c1-2-8-20(9-3-1)27-29-31(35-18-16-33-29)28(32-30(27)34-17-19-36-32)25-14-15-26(39-25)37-21-10-4-6-12-23(21)38-24-13-7-5-11-22(24)37/h1-19H. The number of rotatable bonds is 3. The third-order valence-electron chi connectivity index (χ3n) is 6.90. The van der Waals surface area contributed by atoms with E-state index in [0.717, 1.165) is 71.5 Å². The summed E-state index contributed by atoms with van der Waals surface area (Å²) in [5.74, 6) is 1.65. The zero-order chi connectivity index (χ0) is 25.8. The predicted octanol–water partition coefficient (Wildman–Crippen LogP) is 8.54. The minimum absolute atomic E-state index is 0.806. The average molecular weight is 522 g/mol. The fourth-order valence-electron chi connectivity index (χ4n) is 5.27. The molecule has 184 valence electrons. The Kier molecular flexibility index (Phi) is 4.89. The third-order valence-corrected chi connectivity index (χ3v) is 7.98. The maximum absolute atomic E-state index is 6.22. The van der Waals surface area contributed by atoms with Crippen LogP contribution in [0.4, 0.5) is 16.4 Å². The molecule has 0 amide bonds. The molecule has 0 unspecified atom stereocenters. The monoisotopic (exact) mass is 521 g/mol. The van der Waals surface area contributed by atoms with Crippen molar-refractivity contribution in [2.75, 3.05) is 4.90 Å². The van der Waals surface area contributed by atoms with Gasteiger partial charge in [-0.1, -0.05) is 54.6 Å². The highest BCUT2D eigenvalue weighted by molar-refractivity contribution is 7.19. The Labute approximate surface area is 227 Å². The lowest BCUT2D eigenvalue weighted by molar-refractivity contribution is 0.477. The van der Waals surface area contributed by atoms with Gasteiger partial charge < -0.3 is 4.74 Å². The van der Waals surface area contributed by atoms with Gasteiger partial charge >= 0.3 is 0 Å². The summed E-state index contributed by atoms with van der Waals surface area (Å²) in [5.41, 5.74) is 8.14. The molecule has 4 heterocycles. The largest absolute Gasteiger partial charge is 0.453 e. The van der Waals surface area contributed by atoms with E-state index in [9.17, 15) is 0 Å². The molecule has 1 aliphatic heterocycles. The molecule has 0 radical (unpaired) electrons. The predicted molar refractivity (Wildman–Crippen MR) is 156 cm³/mol. The van der Waals surface area contributed by atoms with Crippen molar-refractivity contribution < 1.29 is 4.74 Å². The van der Waals surface area contributed by atoms with Gasteiger partial charge in [-0.25, -0.2) is 0 Å².